The summed E-state index contributed by atoms with van der Waals surface area (Å²) in [6.45, 7) is 0. The van der Waals surface area contributed by atoms with E-state index in [-0.39, 0.29) is 17.3 Å². The Kier molecular flexibility index (Phi) is 5.93. The molecule has 7 heteroatoms. The van der Waals surface area contributed by atoms with Crippen LogP contribution in [-0.2, 0) is 0 Å². The smallest absolute Gasteiger partial charge is 0.186 e. The van der Waals surface area contributed by atoms with Gasteiger partial charge in [-0.3, -0.25) is 14.4 Å². The second-order valence-electron chi connectivity index (χ2n) is 10.5. The van der Waals surface area contributed by atoms with Crippen molar-refractivity contribution in [2.24, 2.45) is 5.41 Å². The number of ketones is 3. The Morgan fingerprint density at radius 3 is 2.27 bits per heavy atom. The minimum Gasteiger partial charge on any atom is -0.497 e. The normalized spacial score (nSPS) is 21.5. The predicted octanol–water partition coefficient (Wildman–Crippen LogP) is 7.32. The molecule has 41 heavy (non-hydrogen) atoms. The highest BCUT2D eigenvalue weighted by Crippen LogP contribution is 2.61. The summed E-state index contributed by atoms with van der Waals surface area (Å²) in [5, 5.41) is 0.704. The van der Waals surface area contributed by atoms with Crippen molar-refractivity contribution in [3.8, 4) is 5.75 Å². The van der Waals surface area contributed by atoms with Crippen molar-refractivity contribution in [3.05, 3.63) is 135 Å². The van der Waals surface area contributed by atoms with Gasteiger partial charge in [-0.2, -0.15) is 0 Å². The molecule has 0 bridgehead atoms. The fraction of sp³-hybridized carbons (Fsp3) is 0.147. The molecule has 7 rings (SSSR count). The molecule has 5 nitrogen and oxygen atoms in total. The van der Waals surface area contributed by atoms with Gasteiger partial charge >= 0.3 is 0 Å². The zero-order valence-corrected chi connectivity index (χ0v) is 23.4. The number of carbonyl (C=O) groups is 3. The second-order valence-corrected chi connectivity index (χ2v) is 11.4. The van der Waals surface area contributed by atoms with Gasteiger partial charge in [-0.15, -0.1) is 0 Å². The van der Waals surface area contributed by atoms with Crippen LogP contribution in [0.1, 0.15) is 48.1 Å². The zero-order valence-electron chi connectivity index (χ0n) is 21.9. The minimum atomic E-state index is -1.63. The van der Waals surface area contributed by atoms with Crippen LogP contribution in [0.5, 0.6) is 5.75 Å². The van der Waals surface area contributed by atoms with E-state index < -0.39 is 23.4 Å². The van der Waals surface area contributed by atoms with Crippen LogP contribution in [0.3, 0.4) is 0 Å². The van der Waals surface area contributed by atoms with Crippen molar-refractivity contribution in [2.45, 2.75) is 18.0 Å². The molecule has 4 aromatic rings. The number of benzene rings is 4. The first-order valence-electron chi connectivity index (χ1n) is 13.3. The fourth-order valence-corrected chi connectivity index (χ4v) is 7.49. The van der Waals surface area contributed by atoms with Crippen LogP contribution in [-0.4, -0.2) is 36.5 Å². The summed E-state index contributed by atoms with van der Waals surface area (Å²) in [5.41, 5.74) is 1.66. The van der Waals surface area contributed by atoms with Gasteiger partial charge in [-0.25, -0.2) is 0 Å². The van der Waals surface area contributed by atoms with Crippen molar-refractivity contribution < 1.29 is 19.1 Å². The van der Waals surface area contributed by atoms with Gasteiger partial charge in [-0.05, 0) is 41.5 Å². The summed E-state index contributed by atoms with van der Waals surface area (Å²) >= 11 is 13.2. The van der Waals surface area contributed by atoms with Gasteiger partial charge in [0.2, 0.25) is 0 Å². The highest BCUT2D eigenvalue weighted by atomic mass is 35.5. The van der Waals surface area contributed by atoms with Gasteiger partial charge in [0.25, 0.3) is 0 Å². The predicted molar refractivity (Wildman–Crippen MR) is 160 cm³/mol. The molecule has 1 saturated heterocycles. The van der Waals surface area contributed by atoms with E-state index in [1.165, 1.54) is 0 Å². The van der Waals surface area contributed by atoms with Crippen LogP contribution >= 0.6 is 23.2 Å². The topological polar surface area (TPSA) is 63.7 Å². The lowest BCUT2D eigenvalue weighted by molar-refractivity contribution is 0.0666. The summed E-state index contributed by atoms with van der Waals surface area (Å²) < 4.78 is 5.42. The van der Waals surface area contributed by atoms with Crippen molar-refractivity contribution in [2.75, 3.05) is 12.0 Å². The summed E-state index contributed by atoms with van der Waals surface area (Å²) in [6, 6.07) is 24.8. The molecule has 202 valence electrons. The molecule has 4 aromatic carbocycles. The van der Waals surface area contributed by atoms with Crippen LogP contribution in [0, 0.1) is 5.41 Å². The van der Waals surface area contributed by atoms with E-state index in [1.807, 2.05) is 41.3 Å². The summed E-state index contributed by atoms with van der Waals surface area (Å²) in [5.74, 6) is -1.26. The van der Waals surface area contributed by atoms with Crippen LogP contribution < -0.4 is 9.64 Å². The Bertz CT molecular complexity index is 1780. The number of anilines is 1. The van der Waals surface area contributed by atoms with Crippen molar-refractivity contribution >= 4 is 52.3 Å². The lowest BCUT2D eigenvalue weighted by Gasteiger charge is -2.37. The number of fused-ring (bicyclic) bond motifs is 5. The number of hydrogen-bond donors (Lipinski definition) is 0. The Morgan fingerprint density at radius 2 is 1.56 bits per heavy atom. The molecule has 1 fully saturated rings. The van der Waals surface area contributed by atoms with E-state index in [9.17, 15) is 14.4 Å². The van der Waals surface area contributed by atoms with Gasteiger partial charge in [0.05, 0.1) is 13.2 Å². The molecule has 0 aromatic heterocycles. The molecule has 1 spiro atoms. The molecule has 2 aliphatic heterocycles. The lowest BCUT2D eigenvalue weighted by Crippen LogP contribution is -2.48. The van der Waals surface area contributed by atoms with E-state index in [0.717, 1.165) is 11.3 Å². The Hall–Kier alpha value is -4.19. The first-order chi connectivity index (χ1) is 19.9. The van der Waals surface area contributed by atoms with Gasteiger partial charge < -0.3 is 9.64 Å². The SMILES string of the molecule is COc1cccc(C(=O)[C@@H]2[C@H](c3ccc(Cl)cc3Cl)C3(C(=O)c4ccccc4C3=O)[C@@H]3C=Cc4ccccc4N23)c1. The maximum absolute atomic E-state index is 14.8. The fourth-order valence-electron chi connectivity index (χ4n) is 6.96. The number of Topliss-reactive ketones (excluding diaryl/α,β-unsaturated/α-hetero) is 3. The van der Waals surface area contributed by atoms with Gasteiger partial charge in [0.1, 0.15) is 17.2 Å². The Labute approximate surface area is 247 Å². The molecule has 0 unspecified atom stereocenters. The lowest BCUT2D eigenvalue weighted by atomic mass is 9.64. The second kappa shape index (κ2) is 9.44. The third-order valence-electron chi connectivity index (χ3n) is 8.63. The van der Waals surface area contributed by atoms with Crippen LogP contribution in [0.4, 0.5) is 5.69 Å². The number of nitrogens with zero attached hydrogens (tertiary/aromatic N) is 1. The van der Waals surface area contributed by atoms with Crippen LogP contribution in [0.15, 0.2) is 97.1 Å². The average molecular weight is 580 g/mol. The third kappa shape index (κ3) is 3.52. The number of ether oxygens (including phenoxy) is 1. The molecule has 3 aliphatic rings. The van der Waals surface area contributed by atoms with Crippen molar-refractivity contribution in [3.63, 3.8) is 0 Å². The minimum absolute atomic E-state index is 0.247. The average Bonchev–Trinajstić information content (AvgIpc) is 3.43. The number of para-hydroxylation sites is 1. The summed E-state index contributed by atoms with van der Waals surface area (Å²) in [6.07, 6.45) is 3.82. The maximum Gasteiger partial charge on any atom is 0.186 e. The molecular formula is C34H23Cl2NO4. The van der Waals surface area contributed by atoms with E-state index in [0.29, 0.717) is 38.0 Å². The molecule has 0 saturated carbocycles. The van der Waals surface area contributed by atoms with Gasteiger partial charge in [0.15, 0.2) is 17.3 Å². The van der Waals surface area contributed by atoms with E-state index >= 15 is 0 Å². The highest BCUT2D eigenvalue weighted by molar-refractivity contribution is 6.36. The van der Waals surface area contributed by atoms with Gasteiger partial charge in [-0.1, -0.05) is 96.0 Å². The Balaban J connectivity index is 1.56. The molecular weight excluding hydrogens is 557 g/mol. The van der Waals surface area contributed by atoms with Crippen LogP contribution in [0.25, 0.3) is 6.08 Å². The first kappa shape index (κ1) is 25.8. The van der Waals surface area contributed by atoms with E-state index in [1.54, 1.807) is 73.8 Å². The molecule has 0 radical (unpaired) electrons. The van der Waals surface area contributed by atoms with E-state index in [4.69, 9.17) is 27.9 Å². The highest BCUT2D eigenvalue weighted by Gasteiger charge is 2.71. The van der Waals surface area contributed by atoms with E-state index in [2.05, 4.69) is 0 Å². The third-order valence-corrected chi connectivity index (χ3v) is 9.20. The first-order valence-corrected chi connectivity index (χ1v) is 14.0. The number of hydrogen-bond acceptors (Lipinski definition) is 5. The quantitative estimate of drug-likeness (QED) is 0.187. The van der Waals surface area contributed by atoms with Crippen molar-refractivity contribution in [1.82, 2.24) is 0 Å². The number of methoxy groups -OCH3 is 1. The molecule has 2 heterocycles. The van der Waals surface area contributed by atoms with Crippen LogP contribution in [0.2, 0.25) is 10.0 Å². The number of rotatable bonds is 4. The summed E-state index contributed by atoms with van der Waals surface area (Å²) in [4.78, 5) is 46.1. The summed E-state index contributed by atoms with van der Waals surface area (Å²) in [7, 11) is 1.54. The number of carbonyl (C=O) groups excluding carboxylic acids is 3. The molecule has 1 aliphatic carbocycles. The zero-order chi connectivity index (χ0) is 28.5. The van der Waals surface area contributed by atoms with Gasteiger partial charge in [0, 0.05) is 38.3 Å². The monoisotopic (exact) mass is 579 g/mol. The molecule has 3 atom stereocenters. The largest absolute Gasteiger partial charge is 0.497 e. The standard InChI is InChI=1S/C34H23Cl2NO4/c1-41-22-9-6-8-20(17-22)31(38)30-29(25-15-14-21(35)18-26(25)36)34(32(39)23-10-3-4-11-24(23)33(34)40)28-16-13-19-7-2-5-12-27(19)37(28)30/h2-18,28-30H,1H3/t28-,29-,30-/m0/s1. The maximum atomic E-state index is 14.8. The van der Waals surface area contributed by atoms with Crippen molar-refractivity contribution in [1.29, 1.82) is 0 Å². The molecule has 0 N–H and O–H groups in total. The molecule has 0 amide bonds. The number of halogens is 2. The Morgan fingerprint density at radius 1 is 0.854 bits per heavy atom.